The molecule has 0 unspecified atom stereocenters. The molecule has 0 saturated carbocycles. The van der Waals surface area contributed by atoms with E-state index >= 15 is 9.59 Å². The average molecular weight is 1240 g/mol. The van der Waals surface area contributed by atoms with Crippen molar-refractivity contribution in [3.8, 4) is 0 Å². The van der Waals surface area contributed by atoms with Crippen LogP contribution in [0.25, 0.3) is 0 Å². The molecule has 6 amide bonds. The van der Waals surface area contributed by atoms with E-state index in [2.05, 4.69) is 29.8 Å². The second-order valence-electron chi connectivity index (χ2n) is 27.2. The number of ether oxygens (including phenoxy) is 4. The number of primary amides is 1. The summed E-state index contributed by atoms with van der Waals surface area (Å²) >= 11 is 0. The Bertz CT molecular complexity index is 2010. The van der Waals surface area contributed by atoms with E-state index in [-0.39, 0.29) is 71.5 Å². The summed E-state index contributed by atoms with van der Waals surface area (Å²) in [6, 6.07) is -3.39. The van der Waals surface area contributed by atoms with Gasteiger partial charge in [0.25, 0.3) is 0 Å². The third kappa shape index (κ3) is 40.0. The van der Waals surface area contributed by atoms with Crippen LogP contribution in [-0.2, 0) is 42.9 Å². The van der Waals surface area contributed by atoms with Crippen molar-refractivity contribution in [1.29, 1.82) is 0 Å². The van der Waals surface area contributed by atoms with Gasteiger partial charge in [-0.25, -0.2) is 24.0 Å². The second-order valence-corrected chi connectivity index (χ2v) is 27.2. The van der Waals surface area contributed by atoms with Crippen LogP contribution in [0.2, 0.25) is 0 Å². The molecule has 0 aliphatic carbocycles. The molecule has 22 heteroatoms. The molecule has 506 valence electrons. The van der Waals surface area contributed by atoms with E-state index in [0.29, 0.717) is 25.7 Å². The molecule has 0 aromatic carbocycles. The fourth-order valence-electron chi connectivity index (χ4n) is 10.0. The molecule has 22 nitrogen and oxygen atoms in total. The number of carboxylic acid groups (broad SMARTS) is 2. The van der Waals surface area contributed by atoms with Gasteiger partial charge in [0.15, 0.2) is 11.3 Å². The molecule has 87 heavy (non-hydrogen) atoms. The molecule has 0 spiro atoms. The number of alkyl carbamates (subject to hydrolysis) is 2. The number of amides is 6. The molecule has 0 aromatic rings. The monoisotopic (exact) mass is 1240 g/mol. The van der Waals surface area contributed by atoms with E-state index in [1.165, 1.54) is 35.5 Å². The lowest BCUT2D eigenvalue weighted by Gasteiger charge is -2.45. The minimum atomic E-state index is -2.41. The van der Waals surface area contributed by atoms with Crippen molar-refractivity contribution in [2.24, 2.45) is 5.73 Å². The molecule has 0 aromatic heterocycles. The van der Waals surface area contributed by atoms with Gasteiger partial charge in [-0.15, -0.1) is 0 Å². The third-order valence-electron chi connectivity index (χ3n) is 14.3. The highest BCUT2D eigenvalue weighted by atomic mass is 16.6. The summed E-state index contributed by atoms with van der Waals surface area (Å²) < 4.78 is 22.7. The number of hydrogen-bond acceptors (Lipinski definition) is 14. The summed E-state index contributed by atoms with van der Waals surface area (Å²) in [5.74, 6) is -5.70. The SMILES string of the molecule is CCCCCCCCCCCCN(CCCCCCCCCCCC)[C@@](CCC(N)=O)(C(=O)N[C@@H](CCC(=O)O)C(=O)O)C(=O)[C@H](CCCN(CCCNC(=O)OC(C)(C)C)C(=O)OC(C)(C)C)N(CCCNC(=O)OC(C)(C)C)C(=O)OC(C)(C)C. The molecule has 0 bridgehead atoms. The number of aliphatic carboxylic acids is 2. The van der Waals surface area contributed by atoms with E-state index < -0.39 is 120 Å². The number of carbonyl (C=O) groups is 9. The van der Waals surface area contributed by atoms with Crippen LogP contribution in [0.4, 0.5) is 19.2 Å². The van der Waals surface area contributed by atoms with Crippen LogP contribution in [0, 0.1) is 0 Å². The Morgan fingerprint density at radius 2 is 0.851 bits per heavy atom. The van der Waals surface area contributed by atoms with Crippen molar-refractivity contribution in [2.75, 3.05) is 45.8 Å². The minimum absolute atomic E-state index is 0.00856. The van der Waals surface area contributed by atoms with Crippen molar-refractivity contribution < 1.29 is 72.3 Å². The van der Waals surface area contributed by atoms with Gasteiger partial charge in [0, 0.05) is 45.6 Å². The maximum absolute atomic E-state index is 16.8. The smallest absolute Gasteiger partial charge is 0.410 e. The number of nitrogens with two attached hydrogens (primary N) is 1. The molecule has 0 rings (SSSR count). The number of carbonyl (C=O) groups excluding carboxylic acids is 7. The largest absolute Gasteiger partial charge is 0.481 e. The van der Waals surface area contributed by atoms with Gasteiger partial charge in [-0.1, -0.05) is 129 Å². The Labute approximate surface area is 523 Å². The Morgan fingerprint density at radius 1 is 0.460 bits per heavy atom. The standard InChI is InChI=1S/C65H121N7O15/c1-15-17-19-21-23-25-27-29-31-33-47-71(48-34-32-30-28-26-24-22-20-18-16-2)65(42-41-52(66)73,56(79)69-50(55(77)78)39-40-53(74)75)54(76)51(72(60(83)87-64(12,13)14)49-37-44-68-58(81)85-62(6,7)8)38-35-45-70(59(82)86-63(9,10)11)46-36-43-67-57(80)84-61(3,4)5/h50-51H,15-49H2,1-14H3,(H2,66,73)(H,67,80)(H,68,81)(H,69,79)(H,74,75)(H,77,78)/t50-,51-,65+/m0/s1. The van der Waals surface area contributed by atoms with Crippen LogP contribution >= 0.6 is 0 Å². The van der Waals surface area contributed by atoms with Crippen LogP contribution in [0.5, 0.6) is 0 Å². The van der Waals surface area contributed by atoms with Crippen LogP contribution in [-0.4, -0.2) is 165 Å². The van der Waals surface area contributed by atoms with Gasteiger partial charge < -0.3 is 55.7 Å². The molecule has 0 aliphatic heterocycles. The second kappa shape index (κ2) is 43.3. The van der Waals surface area contributed by atoms with E-state index in [1.807, 2.05) is 0 Å². The van der Waals surface area contributed by atoms with Crippen LogP contribution in [0.1, 0.15) is 277 Å². The van der Waals surface area contributed by atoms with Gasteiger partial charge >= 0.3 is 36.3 Å². The van der Waals surface area contributed by atoms with Gasteiger partial charge in [0.05, 0.1) is 6.04 Å². The van der Waals surface area contributed by atoms with E-state index in [4.69, 9.17) is 24.7 Å². The van der Waals surface area contributed by atoms with Crippen LogP contribution < -0.4 is 21.7 Å². The van der Waals surface area contributed by atoms with Crippen molar-refractivity contribution in [3.05, 3.63) is 0 Å². The molecule has 0 heterocycles. The summed E-state index contributed by atoms with van der Waals surface area (Å²) in [5.41, 5.74) is -0.109. The van der Waals surface area contributed by atoms with Crippen LogP contribution in [0.15, 0.2) is 0 Å². The van der Waals surface area contributed by atoms with Gasteiger partial charge in [0.1, 0.15) is 28.4 Å². The Kier molecular flexibility index (Phi) is 40.6. The fourth-order valence-corrected chi connectivity index (χ4v) is 10.0. The number of rotatable bonds is 47. The maximum atomic E-state index is 16.8. The van der Waals surface area contributed by atoms with E-state index in [0.717, 1.165) is 77.0 Å². The maximum Gasteiger partial charge on any atom is 0.410 e. The minimum Gasteiger partial charge on any atom is -0.481 e. The van der Waals surface area contributed by atoms with Crippen molar-refractivity contribution >= 4 is 53.9 Å². The zero-order valence-corrected chi connectivity index (χ0v) is 56.5. The molecule has 3 atom stereocenters. The first-order valence-corrected chi connectivity index (χ1v) is 32.8. The number of hydrogen-bond donors (Lipinski definition) is 6. The average Bonchev–Trinajstić information content (AvgIpc) is 0.935. The summed E-state index contributed by atoms with van der Waals surface area (Å²) in [5, 5.41) is 28.3. The number of ketones is 1. The number of unbranched alkanes of at least 4 members (excludes halogenated alkanes) is 18. The Morgan fingerprint density at radius 3 is 1.24 bits per heavy atom. The lowest BCUT2D eigenvalue weighted by molar-refractivity contribution is -0.154. The topological polar surface area (TPSA) is 303 Å². The summed E-state index contributed by atoms with van der Waals surface area (Å²) in [6.07, 6.45) is 14.5. The number of nitrogens with zero attached hydrogens (tertiary/aromatic N) is 3. The van der Waals surface area contributed by atoms with Gasteiger partial charge in [-0.05, 0) is 148 Å². The predicted molar refractivity (Wildman–Crippen MR) is 339 cm³/mol. The highest BCUT2D eigenvalue weighted by molar-refractivity contribution is 6.14. The third-order valence-corrected chi connectivity index (χ3v) is 14.3. The normalized spacial score (nSPS) is 13.4. The van der Waals surface area contributed by atoms with Gasteiger partial charge in [-0.3, -0.25) is 29.0 Å². The zero-order chi connectivity index (χ0) is 66.3. The lowest BCUT2D eigenvalue weighted by Crippen LogP contribution is -2.69. The lowest BCUT2D eigenvalue weighted by atomic mass is 9.79. The summed E-state index contributed by atoms with van der Waals surface area (Å²) in [4.78, 5) is 130. The number of nitrogens with one attached hydrogen (secondary N) is 3. The van der Waals surface area contributed by atoms with Gasteiger partial charge in [-0.2, -0.15) is 0 Å². The quantitative estimate of drug-likeness (QED) is 0.0187. The summed E-state index contributed by atoms with van der Waals surface area (Å²) in [7, 11) is 0. The van der Waals surface area contributed by atoms with Crippen molar-refractivity contribution in [3.63, 3.8) is 0 Å². The highest BCUT2D eigenvalue weighted by Crippen LogP contribution is 2.32. The summed E-state index contributed by atoms with van der Waals surface area (Å²) in [6.45, 7) is 24.9. The van der Waals surface area contributed by atoms with E-state index in [9.17, 15) is 43.8 Å². The fraction of sp³-hybridized carbons (Fsp3) is 0.862. The molecule has 0 aliphatic rings. The molecule has 7 N–H and O–H groups in total. The van der Waals surface area contributed by atoms with E-state index in [1.54, 1.807) is 88.0 Å². The highest BCUT2D eigenvalue weighted by Gasteiger charge is 2.55. The van der Waals surface area contributed by atoms with Crippen molar-refractivity contribution in [1.82, 2.24) is 30.7 Å². The number of Topliss-reactive ketones (excluding diaryl/α,β-unsaturated/α-hetero) is 1. The molecule has 0 fully saturated rings. The zero-order valence-electron chi connectivity index (χ0n) is 56.5. The van der Waals surface area contributed by atoms with Crippen LogP contribution in [0.3, 0.4) is 0 Å². The molecular weight excluding hydrogens is 1120 g/mol. The number of carboxylic acids is 2. The Hall–Kier alpha value is -5.41. The van der Waals surface area contributed by atoms with Gasteiger partial charge in [0.2, 0.25) is 11.8 Å². The first kappa shape index (κ1) is 81.6. The Balaban J connectivity index is 8.45. The predicted octanol–water partition coefficient (Wildman–Crippen LogP) is 12.6. The molecule has 0 saturated heterocycles. The van der Waals surface area contributed by atoms with Crippen molar-refractivity contribution in [2.45, 2.75) is 317 Å². The first-order chi connectivity index (χ1) is 40.6. The molecule has 0 radical (unpaired) electrons. The molecular formula is C65H121N7O15. The first-order valence-electron chi connectivity index (χ1n) is 32.8.